The molecule has 84 valence electrons. The Balaban J connectivity index is 2.25. The van der Waals surface area contributed by atoms with Crippen LogP contribution >= 0.6 is 0 Å². The minimum Gasteiger partial charge on any atom is -0.367 e. The van der Waals surface area contributed by atoms with Crippen LogP contribution in [0.25, 0.3) is 11.5 Å². The van der Waals surface area contributed by atoms with Crippen molar-refractivity contribution in [3.8, 4) is 11.5 Å². The standard InChI is InChI=1S/C10H12N4O2/c1-11-4-3-9-13-10(16-14-9)7-6-12-5-2-8(7)15/h2,5-6,11H,3-4H2,1H3,(H,12,15). The number of hydrogen-bond acceptors (Lipinski definition) is 5. The van der Waals surface area contributed by atoms with Crippen molar-refractivity contribution >= 4 is 0 Å². The van der Waals surface area contributed by atoms with Gasteiger partial charge in [0.25, 0.3) is 5.89 Å². The van der Waals surface area contributed by atoms with Crippen LogP contribution in [0.15, 0.2) is 27.8 Å². The minimum atomic E-state index is -0.137. The molecule has 0 saturated heterocycles. The van der Waals surface area contributed by atoms with Crippen LogP contribution in [0.3, 0.4) is 0 Å². The van der Waals surface area contributed by atoms with Crippen LogP contribution in [0.5, 0.6) is 0 Å². The van der Waals surface area contributed by atoms with Gasteiger partial charge in [-0.2, -0.15) is 4.98 Å². The smallest absolute Gasteiger partial charge is 0.263 e. The normalized spacial score (nSPS) is 10.6. The highest BCUT2D eigenvalue weighted by Crippen LogP contribution is 2.10. The first-order valence-corrected chi connectivity index (χ1v) is 4.96. The monoisotopic (exact) mass is 220 g/mol. The van der Waals surface area contributed by atoms with Gasteiger partial charge in [-0.15, -0.1) is 0 Å². The SMILES string of the molecule is CNCCc1noc(-c2c[nH]ccc2=O)n1. The number of pyridine rings is 1. The fourth-order valence-electron chi connectivity index (χ4n) is 1.28. The third-order valence-corrected chi connectivity index (χ3v) is 2.12. The maximum atomic E-state index is 11.5. The number of likely N-dealkylation sites (N-methyl/N-ethyl adjacent to an activating group) is 1. The van der Waals surface area contributed by atoms with Crippen molar-refractivity contribution in [2.24, 2.45) is 0 Å². The van der Waals surface area contributed by atoms with Gasteiger partial charge in [-0.3, -0.25) is 4.79 Å². The van der Waals surface area contributed by atoms with Crippen molar-refractivity contribution in [3.63, 3.8) is 0 Å². The lowest BCUT2D eigenvalue weighted by molar-refractivity contribution is 0.421. The lowest BCUT2D eigenvalue weighted by Crippen LogP contribution is -2.11. The maximum absolute atomic E-state index is 11.5. The van der Waals surface area contributed by atoms with Crippen molar-refractivity contribution in [1.29, 1.82) is 0 Å². The Morgan fingerprint density at radius 3 is 3.19 bits per heavy atom. The molecule has 6 heteroatoms. The molecule has 0 aromatic carbocycles. The van der Waals surface area contributed by atoms with Gasteiger partial charge < -0.3 is 14.8 Å². The molecule has 16 heavy (non-hydrogen) atoms. The van der Waals surface area contributed by atoms with Crippen LogP contribution in [-0.2, 0) is 6.42 Å². The van der Waals surface area contributed by atoms with Gasteiger partial charge >= 0.3 is 0 Å². The summed E-state index contributed by atoms with van der Waals surface area (Å²) in [4.78, 5) is 18.4. The van der Waals surface area contributed by atoms with Crippen molar-refractivity contribution < 1.29 is 4.52 Å². The number of aromatic amines is 1. The summed E-state index contributed by atoms with van der Waals surface area (Å²) in [6.45, 7) is 0.768. The summed E-state index contributed by atoms with van der Waals surface area (Å²) in [5.74, 6) is 0.848. The molecular formula is C10H12N4O2. The average molecular weight is 220 g/mol. The van der Waals surface area contributed by atoms with Gasteiger partial charge in [0.05, 0.1) is 0 Å². The van der Waals surface area contributed by atoms with Gasteiger partial charge in [-0.05, 0) is 7.05 Å². The molecule has 0 spiro atoms. The molecule has 6 nitrogen and oxygen atoms in total. The highest BCUT2D eigenvalue weighted by Gasteiger charge is 2.10. The summed E-state index contributed by atoms with van der Waals surface area (Å²) in [6, 6.07) is 1.42. The largest absolute Gasteiger partial charge is 0.367 e. The molecule has 2 heterocycles. The van der Waals surface area contributed by atoms with Crippen molar-refractivity contribution in [3.05, 3.63) is 34.5 Å². The molecule has 0 aliphatic rings. The summed E-state index contributed by atoms with van der Waals surface area (Å²) < 4.78 is 5.02. The molecule has 0 aliphatic heterocycles. The second-order valence-corrected chi connectivity index (χ2v) is 3.29. The van der Waals surface area contributed by atoms with E-state index in [1.165, 1.54) is 6.07 Å². The van der Waals surface area contributed by atoms with E-state index in [0.717, 1.165) is 6.54 Å². The van der Waals surface area contributed by atoms with Crippen LogP contribution < -0.4 is 10.7 Å². The third kappa shape index (κ3) is 2.17. The lowest BCUT2D eigenvalue weighted by Gasteiger charge is -1.91. The van der Waals surface area contributed by atoms with E-state index in [2.05, 4.69) is 20.4 Å². The fraction of sp³-hybridized carbons (Fsp3) is 0.300. The van der Waals surface area contributed by atoms with Gasteiger partial charge in [0.15, 0.2) is 11.3 Å². The number of nitrogens with one attached hydrogen (secondary N) is 2. The Kier molecular flexibility index (Phi) is 3.11. The van der Waals surface area contributed by atoms with Crippen molar-refractivity contribution in [2.45, 2.75) is 6.42 Å². The first-order chi connectivity index (χ1) is 7.81. The molecule has 0 unspecified atom stereocenters. The summed E-state index contributed by atoms with van der Waals surface area (Å²) >= 11 is 0. The number of hydrogen-bond donors (Lipinski definition) is 2. The molecule has 0 atom stereocenters. The zero-order chi connectivity index (χ0) is 11.4. The van der Waals surface area contributed by atoms with Crippen LogP contribution in [0.1, 0.15) is 5.82 Å². The second-order valence-electron chi connectivity index (χ2n) is 3.29. The number of nitrogens with zero attached hydrogens (tertiary/aromatic N) is 2. The van der Waals surface area contributed by atoms with Crippen LogP contribution in [0.4, 0.5) is 0 Å². The Bertz CT molecular complexity index is 517. The van der Waals surface area contributed by atoms with E-state index in [9.17, 15) is 4.79 Å². The van der Waals surface area contributed by atoms with E-state index in [0.29, 0.717) is 17.8 Å². The van der Waals surface area contributed by atoms with Crippen LogP contribution in [-0.4, -0.2) is 28.7 Å². The van der Waals surface area contributed by atoms with Gasteiger partial charge in [0, 0.05) is 31.4 Å². The number of rotatable bonds is 4. The highest BCUT2D eigenvalue weighted by atomic mass is 16.5. The van der Waals surface area contributed by atoms with E-state index in [4.69, 9.17) is 4.52 Å². The molecule has 0 bridgehead atoms. The predicted molar refractivity (Wildman–Crippen MR) is 58.0 cm³/mol. The van der Waals surface area contributed by atoms with Crippen LogP contribution in [0, 0.1) is 0 Å². The van der Waals surface area contributed by atoms with Gasteiger partial charge in [-0.25, -0.2) is 0 Å². The first kappa shape index (κ1) is 10.6. The molecule has 2 aromatic rings. The molecule has 0 fully saturated rings. The minimum absolute atomic E-state index is 0.137. The van der Waals surface area contributed by atoms with Crippen LogP contribution in [0.2, 0.25) is 0 Å². The topological polar surface area (TPSA) is 83.8 Å². The molecular weight excluding hydrogens is 208 g/mol. The Hall–Kier alpha value is -1.95. The van der Waals surface area contributed by atoms with E-state index in [1.807, 2.05) is 7.05 Å². The van der Waals surface area contributed by atoms with Gasteiger partial charge in [0.1, 0.15) is 5.56 Å². The fourth-order valence-corrected chi connectivity index (χ4v) is 1.28. The summed E-state index contributed by atoms with van der Waals surface area (Å²) in [5.41, 5.74) is 0.258. The maximum Gasteiger partial charge on any atom is 0.263 e. The molecule has 2 aromatic heterocycles. The molecule has 0 amide bonds. The molecule has 0 radical (unpaired) electrons. The molecule has 2 N–H and O–H groups in total. The lowest BCUT2D eigenvalue weighted by atomic mass is 10.3. The molecule has 0 aliphatic carbocycles. The Morgan fingerprint density at radius 2 is 2.44 bits per heavy atom. The predicted octanol–water partition coefficient (Wildman–Crippen LogP) is 0.187. The molecule has 0 saturated carbocycles. The zero-order valence-corrected chi connectivity index (χ0v) is 8.86. The number of H-pyrrole nitrogens is 1. The summed E-state index contributed by atoms with van der Waals surface area (Å²) in [7, 11) is 1.85. The Labute approximate surface area is 91.7 Å². The highest BCUT2D eigenvalue weighted by molar-refractivity contribution is 5.50. The van der Waals surface area contributed by atoms with Crippen molar-refractivity contribution in [1.82, 2.24) is 20.4 Å². The van der Waals surface area contributed by atoms with Gasteiger partial charge in [0.2, 0.25) is 0 Å². The van der Waals surface area contributed by atoms with E-state index < -0.39 is 0 Å². The van der Waals surface area contributed by atoms with E-state index >= 15 is 0 Å². The zero-order valence-electron chi connectivity index (χ0n) is 8.86. The first-order valence-electron chi connectivity index (χ1n) is 4.96. The second kappa shape index (κ2) is 4.71. The number of aromatic nitrogens is 3. The summed E-state index contributed by atoms with van der Waals surface area (Å²) in [6.07, 6.45) is 3.78. The van der Waals surface area contributed by atoms with E-state index in [1.54, 1.807) is 12.4 Å². The van der Waals surface area contributed by atoms with Crippen molar-refractivity contribution in [2.75, 3.05) is 13.6 Å². The summed E-state index contributed by atoms with van der Waals surface area (Å²) in [5, 5.41) is 6.78. The van der Waals surface area contributed by atoms with E-state index in [-0.39, 0.29) is 11.3 Å². The van der Waals surface area contributed by atoms with Gasteiger partial charge in [-0.1, -0.05) is 5.16 Å². The Morgan fingerprint density at radius 1 is 1.56 bits per heavy atom. The molecule has 2 rings (SSSR count). The average Bonchev–Trinajstić information content (AvgIpc) is 2.75. The third-order valence-electron chi connectivity index (χ3n) is 2.12. The quantitative estimate of drug-likeness (QED) is 0.768.